The first kappa shape index (κ1) is 16.8. The fourth-order valence-corrected chi connectivity index (χ4v) is 3.69. The predicted molar refractivity (Wildman–Crippen MR) is 101 cm³/mol. The van der Waals surface area contributed by atoms with E-state index in [0.717, 1.165) is 46.7 Å². The molecule has 5 heteroatoms. The maximum absolute atomic E-state index is 12.6. The molecule has 4 rings (SSSR count). The van der Waals surface area contributed by atoms with Crippen molar-refractivity contribution < 1.29 is 14.3 Å². The molecule has 2 N–H and O–H groups in total. The number of hydrogen-bond acceptors (Lipinski definition) is 3. The van der Waals surface area contributed by atoms with Gasteiger partial charge in [-0.15, -0.1) is 0 Å². The van der Waals surface area contributed by atoms with E-state index in [1.165, 1.54) is 5.56 Å². The second-order valence-electron chi connectivity index (χ2n) is 7.29. The van der Waals surface area contributed by atoms with Crippen LogP contribution in [0.5, 0.6) is 11.5 Å². The lowest BCUT2D eigenvalue weighted by Gasteiger charge is -2.23. The molecule has 1 heterocycles. The molecule has 0 unspecified atom stereocenters. The molecular formula is C21H24N2O3. The molecule has 2 amide bonds. The first-order chi connectivity index (χ1) is 12.5. The van der Waals surface area contributed by atoms with Gasteiger partial charge in [0.1, 0.15) is 13.2 Å². The SMILES string of the molecule is Cc1cc(C)c(NC(=O)NC2(c3ccc4c(c3)OCCO4)CC2)c(C)c1. The highest BCUT2D eigenvalue weighted by molar-refractivity contribution is 5.92. The predicted octanol–water partition coefficient (Wildman–Crippen LogP) is 4.19. The molecule has 0 bridgehead atoms. The van der Waals surface area contributed by atoms with Crippen molar-refractivity contribution in [2.24, 2.45) is 0 Å². The lowest BCUT2D eigenvalue weighted by molar-refractivity contribution is 0.171. The van der Waals surface area contributed by atoms with Crippen LogP contribution in [0.3, 0.4) is 0 Å². The van der Waals surface area contributed by atoms with E-state index >= 15 is 0 Å². The number of hydrogen-bond donors (Lipinski definition) is 2. The summed E-state index contributed by atoms with van der Waals surface area (Å²) in [7, 11) is 0. The monoisotopic (exact) mass is 352 g/mol. The van der Waals surface area contributed by atoms with E-state index in [9.17, 15) is 4.79 Å². The van der Waals surface area contributed by atoms with E-state index < -0.39 is 0 Å². The van der Waals surface area contributed by atoms with Crippen LogP contribution in [0.25, 0.3) is 0 Å². The number of fused-ring (bicyclic) bond motifs is 1. The van der Waals surface area contributed by atoms with Crippen LogP contribution in [-0.4, -0.2) is 19.2 Å². The van der Waals surface area contributed by atoms with Gasteiger partial charge in [0.15, 0.2) is 11.5 Å². The van der Waals surface area contributed by atoms with Crippen molar-refractivity contribution in [3.63, 3.8) is 0 Å². The van der Waals surface area contributed by atoms with E-state index in [1.54, 1.807) is 0 Å². The van der Waals surface area contributed by atoms with Crippen LogP contribution < -0.4 is 20.1 Å². The van der Waals surface area contributed by atoms with Crippen LogP contribution >= 0.6 is 0 Å². The largest absolute Gasteiger partial charge is 0.486 e. The van der Waals surface area contributed by atoms with Gasteiger partial charge in [-0.1, -0.05) is 23.8 Å². The van der Waals surface area contributed by atoms with Gasteiger partial charge in [0.05, 0.1) is 5.54 Å². The molecule has 2 aromatic rings. The maximum Gasteiger partial charge on any atom is 0.319 e. The third-order valence-corrected chi connectivity index (χ3v) is 5.11. The molecule has 2 aromatic carbocycles. The summed E-state index contributed by atoms with van der Waals surface area (Å²) in [6.45, 7) is 7.23. The fourth-order valence-electron chi connectivity index (χ4n) is 3.69. The normalized spacial score (nSPS) is 16.7. The lowest BCUT2D eigenvalue weighted by Crippen LogP contribution is -2.38. The van der Waals surface area contributed by atoms with Crippen molar-refractivity contribution in [3.05, 3.63) is 52.6 Å². The summed E-state index contributed by atoms with van der Waals surface area (Å²) < 4.78 is 11.3. The van der Waals surface area contributed by atoms with E-state index in [4.69, 9.17) is 9.47 Å². The zero-order chi connectivity index (χ0) is 18.3. The topological polar surface area (TPSA) is 59.6 Å². The average Bonchev–Trinajstić information content (AvgIpc) is 3.38. The number of carbonyl (C=O) groups is 1. The number of urea groups is 1. The fraction of sp³-hybridized carbons (Fsp3) is 0.381. The molecule has 1 saturated carbocycles. The molecule has 1 aliphatic carbocycles. The van der Waals surface area contributed by atoms with Gasteiger partial charge in [-0.3, -0.25) is 0 Å². The van der Waals surface area contributed by atoms with Gasteiger partial charge in [-0.25, -0.2) is 4.79 Å². The van der Waals surface area contributed by atoms with Gasteiger partial charge >= 0.3 is 6.03 Å². The summed E-state index contributed by atoms with van der Waals surface area (Å²) in [6.07, 6.45) is 1.85. The quantitative estimate of drug-likeness (QED) is 0.871. The second-order valence-corrected chi connectivity index (χ2v) is 7.29. The number of amides is 2. The van der Waals surface area contributed by atoms with Crippen LogP contribution in [0.4, 0.5) is 10.5 Å². The Kier molecular flexibility index (Phi) is 4.02. The van der Waals surface area contributed by atoms with Gasteiger partial charge in [-0.2, -0.15) is 0 Å². The summed E-state index contributed by atoms with van der Waals surface area (Å²) in [4.78, 5) is 12.6. The summed E-state index contributed by atoms with van der Waals surface area (Å²) >= 11 is 0. The van der Waals surface area contributed by atoms with Crippen molar-refractivity contribution >= 4 is 11.7 Å². The van der Waals surface area contributed by atoms with Crippen molar-refractivity contribution in [2.75, 3.05) is 18.5 Å². The Balaban J connectivity index is 1.51. The zero-order valence-corrected chi connectivity index (χ0v) is 15.4. The smallest absolute Gasteiger partial charge is 0.319 e. The van der Waals surface area contributed by atoms with E-state index in [2.05, 4.69) is 29.7 Å². The van der Waals surface area contributed by atoms with Crippen LogP contribution in [0, 0.1) is 20.8 Å². The lowest BCUT2D eigenvalue weighted by atomic mass is 10.0. The summed E-state index contributed by atoms with van der Waals surface area (Å²) in [5.74, 6) is 1.53. The summed E-state index contributed by atoms with van der Waals surface area (Å²) in [5.41, 5.74) is 4.97. The van der Waals surface area contributed by atoms with Crippen molar-refractivity contribution in [1.82, 2.24) is 5.32 Å². The van der Waals surface area contributed by atoms with E-state index in [-0.39, 0.29) is 11.6 Å². The van der Waals surface area contributed by atoms with Crippen LogP contribution in [-0.2, 0) is 5.54 Å². The first-order valence-electron chi connectivity index (χ1n) is 9.04. The van der Waals surface area contributed by atoms with Crippen LogP contribution in [0.1, 0.15) is 35.1 Å². The minimum absolute atomic E-state index is 0.174. The number of nitrogens with one attached hydrogen (secondary N) is 2. The molecular weight excluding hydrogens is 328 g/mol. The molecule has 0 aromatic heterocycles. The number of aryl methyl sites for hydroxylation is 3. The van der Waals surface area contributed by atoms with Crippen molar-refractivity contribution in [1.29, 1.82) is 0 Å². The van der Waals surface area contributed by atoms with Gasteiger partial charge in [0.2, 0.25) is 0 Å². The first-order valence-corrected chi connectivity index (χ1v) is 9.04. The number of rotatable bonds is 3. The maximum atomic E-state index is 12.6. The van der Waals surface area contributed by atoms with Crippen molar-refractivity contribution in [2.45, 2.75) is 39.2 Å². The number of ether oxygens (including phenoxy) is 2. The third kappa shape index (κ3) is 3.09. The molecule has 0 saturated heterocycles. The Bertz CT molecular complexity index is 849. The standard InChI is InChI=1S/C21H24N2O3/c1-13-10-14(2)19(15(3)11-13)22-20(24)23-21(6-7-21)16-4-5-17-18(12-16)26-9-8-25-17/h4-5,10-12H,6-9H2,1-3H3,(H2,22,23,24). The zero-order valence-electron chi connectivity index (χ0n) is 15.4. The Morgan fingerprint density at radius 3 is 2.27 bits per heavy atom. The molecule has 1 fully saturated rings. The van der Waals surface area contributed by atoms with Gasteiger partial charge in [0, 0.05) is 5.69 Å². The number of carbonyl (C=O) groups excluding carboxylic acids is 1. The molecule has 136 valence electrons. The molecule has 2 aliphatic rings. The third-order valence-electron chi connectivity index (χ3n) is 5.11. The van der Waals surface area contributed by atoms with Crippen LogP contribution in [0.2, 0.25) is 0 Å². The van der Waals surface area contributed by atoms with E-state index in [0.29, 0.717) is 13.2 Å². The highest BCUT2D eigenvalue weighted by atomic mass is 16.6. The second kappa shape index (κ2) is 6.24. The van der Waals surface area contributed by atoms with Crippen LogP contribution in [0.15, 0.2) is 30.3 Å². The minimum Gasteiger partial charge on any atom is -0.486 e. The highest BCUT2D eigenvalue weighted by Gasteiger charge is 2.46. The summed E-state index contributed by atoms with van der Waals surface area (Å²) in [5, 5.41) is 6.19. The van der Waals surface area contributed by atoms with Gasteiger partial charge in [-0.05, 0) is 62.4 Å². The highest BCUT2D eigenvalue weighted by Crippen LogP contribution is 2.48. The molecule has 0 atom stereocenters. The minimum atomic E-state index is -0.313. The Hall–Kier alpha value is -2.69. The Morgan fingerprint density at radius 2 is 1.62 bits per heavy atom. The number of benzene rings is 2. The van der Waals surface area contributed by atoms with Gasteiger partial charge in [0.25, 0.3) is 0 Å². The van der Waals surface area contributed by atoms with Gasteiger partial charge < -0.3 is 20.1 Å². The molecule has 26 heavy (non-hydrogen) atoms. The molecule has 0 radical (unpaired) electrons. The molecule has 1 aliphatic heterocycles. The Labute approximate surface area is 153 Å². The molecule has 5 nitrogen and oxygen atoms in total. The number of anilines is 1. The average molecular weight is 352 g/mol. The molecule has 0 spiro atoms. The summed E-state index contributed by atoms with van der Waals surface area (Å²) in [6, 6.07) is 9.92. The van der Waals surface area contributed by atoms with Crippen molar-refractivity contribution in [3.8, 4) is 11.5 Å². The van der Waals surface area contributed by atoms with E-state index in [1.807, 2.05) is 32.0 Å². The Morgan fingerprint density at radius 1 is 0.962 bits per heavy atom.